The van der Waals surface area contributed by atoms with Crippen LogP contribution >= 0.6 is 0 Å². The molecule has 6 rings (SSSR count). The number of aromatic hydroxyl groups is 1. The molecule has 0 atom stereocenters. The number of pyridine rings is 3. The van der Waals surface area contributed by atoms with Crippen LogP contribution in [0.1, 0.15) is 8.85 Å². The molecule has 21 heteroatoms. The molecule has 0 fully saturated rings. The van der Waals surface area contributed by atoms with E-state index in [0.717, 1.165) is 11.8 Å². The van der Waals surface area contributed by atoms with Crippen molar-refractivity contribution in [1.82, 2.24) is 15.0 Å². The summed E-state index contributed by atoms with van der Waals surface area (Å²) in [6, 6.07) is 28.3. The molecule has 0 aliphatic heterocycles. The Hall–Kier alpha value is -4.79. The number of anilines is 1. The van der Waals surface area contributed by atoms with Gasteiger partial charge in [0.15, 0.2) is 0 Å². The molecular weight excluding hydrogens is 789 g/mol. The number of rotatable bonds is 8. The fourth-order valence-corrected chi connectivity index (χ4v) is 3.40. The van der Waals surface area contributed by atoms with Gasteiger partial charge in [0.1, 0.15) is 28.7 Å². The van der Waals surface area contributed by atoms with Gasteiger partial charge in [0.2, 0.25) is 0 Å². The first kappa shape index (κ1) is 53.3. The second-order valence-electron chi connectivity index (χ2n) is 9.35. The summed E-state index contributed by atoms with van der Waals surface area (Å²) in [4.78, 5) is 51.8. The molecule has 3 aromatic heterocycles. The van der Waals surface area contributed by atoms with Gasteiger partial charge in [0.05, 0.1) is 45.5 Å². The van der Waals surface area contributed by atoms with Crippen LogP contribution in [0.25, 0.3) is 0 Å². The van der Waals surface area contributed by atoms with Gasteiger partial charge in [-0.1, -0.05) is 19.6 Å². The Bertz CT molecular complexity index is 2000. The third-order valence-electron chi connectivity index (χ3n) is 5.56. The average molecular weight is 822 g/mol. The minimum absolute atomic E-state index is 0. The van der Waals surface area contributed by atoms with Crippen LogP contribution in [0.2, 0.25) is 0 Å². The molecule has 282 valence electrons. The maximum atomic E-state index is 10.5. The summed E-state index contributed by atoms with van der Waals surface area (Å²) in [6.45, 7) is -0.181. The number of ether oxygens (including phenoxy) is 2. The second kappa shape index (κ2) is 31.4. The van der Waals surface area contributed by atoms with E-state index in [1.165, 1.54) is 36.5 Å². The van der Waals surface area contributed by atoms with E-state index in [2.05, 4.69) is 19.8 Å². The molecule has 3 heterocycles. The number of nitro benzene ring substituents is 3. The zero-order valence-electron chi connectivity index (χ0n) is 30.1. The van der Waals surface area contributed by atoms with Crippen LogP contribution in [0.5, 0.6) is 28.7 Å². The molecular formula is C35H33K2N7O12. The van der Waals surface area contributed by atoms with Gasteiger partial charge in [0.25, 0.3) is 23.5 Å². The van der Waals surface area contributed by atoms with E-state index in [4.69, 9.17) is 30.4 Å². The van der Waals surface area contributed by atoms with Gasteiger partial charge in [-0.2, -0.15) is 0 Å². The zero-order chi connectivity index (χ0) is 38.8. The maximum Gasteiger partial charge on any atom is 1.00 e. The van der Waals surface area contributed by atoms with Gasteiger partial charge >= 0.3 is 103 Å². The van der Waals surface area contributed by atoms with Crippen molar-refractivity contribution in [2.75, 3.05) is 5.73 Å². The molecule has 3 N–H and O–H groups in total. The molecule has 0 bridgehead atoms. The number of hydrogen-bond acceptors (Lipinski definition) is 16. The zero-order valence-corrected chi connectivity index (χ0v) is 35.4. The van der Waals surface area contributed by atoms with Gasteiger partial charge < -0.3 is 31.9 Å². The standard InChI is InChI=1S/C11H8N2O3.C11H10N2O.C6H4N2O4.C5H5NO.CH2O3.CH4.2K.H/c14-13(15)9-3-1-4-10(7-9)16-11-5-2-6-12-8-11;12-9-3-1-4-10(7-9)14-11-5-2-6-13-8-11;9-7(10)5-2-1-3-6(4-5)8(11)12;7-5-2-1-3-6-4-5;2-1-4-3;;;;/h1-8H;1-8H,12H2;1-4H;1-4,7H;1,3H;1H4;;;/q;;;;;;2*+1;-1/p-1. The topological polar surface area (TPSA) is 282 Å². The largest absolute Gasteiger partial charge is 1.00 e. The van der Waals surface area contributed by atoms with Gasteiger partial charge in [-0.25, -0.2) is 0 Å². The SMILES string of the molecule is C.Nc1cccc(Oc2cccnc2)c1.O=CO[O-].O=[N+]([O-])c1cccc(Oc2cccnc2)c1.O=[N+]([O-])c1cccc([N+](=O)[O-])c1.Oc1cccnc1.[H-].[K+].[K+]. The molecule has 0 saturated carbocycles. The van der Waals surface area contributed by atoms with Crippen LogP contribution < -0.4 is 123 Å². The van der Waals surface area contributed by atoms with Crippen molar-refractivity contribution in [2.24, 2.45) is 0 Å². The number of aromatic nitrogens is 3. The third kappa shape index (κ3) is 23.2. The number of nitrogen functional groups attached to an aromatic ring is 1. The fraction of sp³-hybridized carbons (Fsp3) is 0.0286. The Labute approximate surface area is 406 Å². The number of nitro groups is 3. The molecule has 0 amide bonds. The Morgan fingerprint density at radius 2 is 0.964 bits per heavy atom. The number of carbonyl (C=O) groups is 1. The van der Waals surface area contributed by atoms with E-state index >= 15 is 0 Å². The predicted molar refractivity (Wildman–Crippen MR) is 193 cm³/mol. The Kier molecular flexibility index (Phi) is 29.9. The Morgan fingerprint density at radius 1 is 0.589 bits per heavy atom. The summed E-state index contributed by atoms with van der Waals surface area (Å²) in [5.41, 5.74) is 5.76. The van der Waals surface area contributed by atoms with E-state index in [1.807, 2.05) is 30.3 Å². The fourth-order valence-electron chi connectivity index (χ4n) is 3.40. The van der Waals surface area contributed by atoms with Gasteiger partial charge in [0, 0.05) is 48.5 Å². The molecule has 0 saturated heterocycles. The van der Waals surface area contributed by atoms with Crippen molar-refractivity contribution in [3.63, 3.8) is 0 Å². The summed E-state index contributed by atoms with van der Waals surface area (Å²) in [5, 5.41) is 47.9. The summed E-state index contributed by atoms with van der Waals surface area (Å²) >= 11 is 0. The van der Waals surface area contributed by atoms with Crippen molar-refractivity contribution < 1.29 is 148 Å². The first-order valence-corrected chi connectivity index (χ1v) is 14.5. The van der Waals surface area contributed by atoms with Gasteiger partial charge in [-0.3, -0.25) is 50.1 Å². The first-order chi connectivity index (χ1) is 25.5. The van der Waals surface area contributed by atoms with Crippen LogP contribution in [0.3, 0.4) is 0 Å². The molecule has 56 heavy (non-hydrogen) atoms. The molecule has 0 unspecified atom stereocenters. The quantitative estimate of drug-likeness (QED) is 0.0534. The average Bonchev–Trinajstić information content (AvgIpc) is 3.17. The van der Waals surface area contributed by atoms with E-state index in [0.29, 0.717) is 22.9 Å². The number of carbonyl (C=O) groups excluding carboxylic acids is 1. The number of nitrogens with zero attached hydrogens (tertiary/aromatic N) is 6. The van der Waals surface area contributed by atoms with E-state index in [1.54, 1.807) is 73.4 Å². The molecule has 3 aromatic carbocycles. The van der Waals surface area contributed by atoms with Crippen molar-refractivity contribution in [2.45, 2.75) is 7.43 Å². The molecule has 6 aromatic rings. The normalized spacial score (nSPS) is 8.66. The smallest absolute Gasteiger partial charge is 1.00 e. The monoisotopic (exact) mass is 821 g/mol. The second-order valence-corrected chi connectivity index (χ2v) is 9.35. The number of hydrogen-bond donors (Lipinski definition) is 2. The van der Waals surface area contributed by atoms with Gasteiger partial charge in [-0.15, -0.1) is 0 Å². The molecule has 19 nitrogen and oxygen atoms in total. The van der Waals surface area contributed by atoms with Crippen LogP contribution in [0, 0.1) is 30.3 Å². The Balaban J connectivity index is -0.000000662. The first-order valence-electron chi connectivity index (χ1n) is 14.5. The van der Waals surface area contributed by atoms with E-state index in [-0.39, 0.29) is 141 Å². The predicted octanol–water partition coefficient (Wildman–Crippen LogP) is 0.720. The summed E-state index contributed by atoms with van der Waals surface area (Å²) in [5.74, 6) is 2.60. The van der Waals surface area contributed by atoms with E-state index in [9.17, 15) is 30.3 Å². The summed E-state index contributed by atoms with van der Waals surface area (Å²) < 4.78 is 10.9. The molecule has 0 aliphatic carbocycles. The minimum Gasteiger partial charge on any atom is -1.00 e. The van der Waals surface area contributed by atoms with Crippen molar-refractivity contribution in [3.05, 3.63) is 177 Å². The number of nitrogens with two attached hydrogens (primary N) is 1. The number of non-ortho nitro benzene ring substituents is 3. The number of benzene rings is 3. The van der Waals surface area contributed by atoms with Crippen LogP contribution in [0.15, 0.2) is 146 Å². The Morgan fingerprint density at radius 3 is 1.30 bits per heavy atom. The molecule has 0 spiro atoms. The molecule has 0 aliphatic rings. The molecule has 0 radical (unpaired) electrons. The third-order valence-corrected chi connectivity index (χ3v) is 5.56. The van der Waals surface area contributed by atoms with Crippen LogP contribution in [-0.2, 0) is 9.68 Å². The van der Waals surface area contributed by atoms with Crippen LogP contribution in [-0.4, -0.2) is 41.3 Å². The van der Waals surface area contributed by atoms with Crippen molar-refractivity contribution in [3.8, 4) is 28.7 Å². The van der Waals surface area contributed by atoms with Gasteiger partial charge in [-0.05, 0) is 60.7 Å². The van der Waals surface area contributed by atoms with E-state index < -0.39 is 14.8 Å². The summed E-state index contributed by atoms with van der Waals surface area (Å²) in [7, 11) is 0. The minimum atomic E-state index is -0.674. The van der Waals surface area contributed by atoms with Crippen LogP contribution in [0.4, 0.5) is 22.7 Å². The summed E-state index contributed by atoms with van der Waals surface area (Å²) in [6.07, 6.45) is 9.52. The van der Waals surface area contributed by atoms with Crippen molar-refractivity contribution >= 4 is 29.2 Å². The maximum absolute atomic E-state index is 10.5. The van der Waals surface area contributed by atoms with Crippen molar-refractivity contribution in [1.29, 1.82) is 0 Å².